The lowest BCUT2D eigenvalue weighted by atomic mass is 10.1. The molecule has 9 heteroatoms. The lowest BCUT2D eigenvalue weighted by molar-refractivity contribution is -0.0563. The smallest absolute Gasteiger partial charge is 0.167 e. The zero-order valence-electron chi connectivity index (χ0n) is 11.0. The molecule has 2 aromatic heterocycles. The van der Waals surface area contributed by atoms with E-state index in [-0.39, 0.29) is 18.3 Å². The topological polar surface area (TPSA) is 140 Å². The molecule has 5 atom stereocenters. The number of anilines is 1. The molecule has 3 heterocycles. The Labute approximate surface area is 119 Å². The third-order valence-electron chi connectivity index (χ3n) is 4.43. The van der Waals surface area contributed by atoms with Crippen molar-refractivity contribution < 1.29 is 20.1 Å². The molecule has 2 fully saturated rings. The predicted molar refractivity (Wildman–Crippen MR) is 69.8 cm³/mol. The molecule has 0 aromatic carbocycles. The molecule has 1 aliphatic carbocycles. The van der Waals surface area contributed by atoms with Crippen molar-refractivity contribution in [2.45, 2.75) is 30.5 Å². The van der Waals surface area contributed by atoms with Crippen LogP contribution in [0.1, 0.15) is 12.6 Å². The Hall–Kier alpha value is -1.81. The summed E-state index contributed by atoms with van der Waals surface area (Å²) >= 11 is 0. The Morgan fingerprint density at radius 2 is 2.19 bits per heavy atom. The number of ether oxygens (including phenoxy) is 1. The molecule has 21 heavy (non-hydrogen) atoms. The number of imidazole rings is 1. The number of nitrogen functional groups attached to an aromatic ring is 1. The summed E-state index contributed by atoms with van der Waals surface area (Å²) in [6.07, 6.45) is 0.257. The van der Waals surface area contributed by atoms with E-state index in [1.807, 2.05) is 0 Å². The van der Waals surface area contributed by atoms with Crippen molar-refractivity contribution >= 4 is 17.0 Å². The van der Waals surface area contributed by atoms with Crippen LogP contribution in [0.5, 0.6) is 0 Å². The van der Waals surface area contributed by atoms with Gasteiger partial charge in [0, 0.05) is 12.5 Å². The summed E-state index contributed by atoms with van der Waals surface area (Å²) in [5.74, 6) is 0.0720. The standard InChI is InChI=1S/C12H15N5O4/c13-9-6-10(15-3-14-9)17(4-16-6)11-7(19)8(20)12(21-11)1-5(12)2-18/h3-5,7-8,11,18-20H,1-2H2,(H2,13,14,15)/t5-,7+,8?,11?,12-/m1/s1. The molecule has 0 amide bonds. The second-order valence-corrected chi connectivity index (χ2v) is 5.57. The molecule has 0 bridgehead atoms. The number of nitrogens with two attached hydrogens (primary N) is 1. The molecule has 0 radical (unpaired) electrons. The molecule has 9 nitrogen and oxygen atoms in total. The predicted octanol–water partition coefficient (Wildman–Crippen LogP) is -1.59. The molecule has 1 saturated carbocycles. The monoisotopic (exact) mass is 293 g/mol. The highest BCUT2D eigenvalue weighted by atomic mass is 16.6. The van der Waals surface area contributed by atoms with Crippen LogP contribution in [0.15, 0.2) is 12.7 Å². The molecule has 112 valence electrons. The minimum Gasteiger partial charge on any atom is -0.396 e. The van der Waals surface area contributed by atoms with Gasteiger partial charge in [-0.15, -0.1) is 0 Å². The van der Waals surface area contributed by atoms with E-state index in [1.54, 1.807) is 0 Å². The lowest BCUT2D eigenvalue weighted by Gasteiger charge is -2.16. The highest BCUT2D eigenvalue weighted by molar-refractivity contribution is 5.81. The minimum absolute atomic E-state index is 0.0870. The first-order valence-electron chi connectivity index (χ1n) is 6.66. The molecule has 1 saturated heterocycles. The SMILES string of the molecule is Nc1ncnc2c1ncn2C1O[C@@]2(C[C@@H]2CO)C(O)[C@@H]1O. The number of nitrogens with zero attached hydrogens (tertiary/aromatic N) is 4. The van der Waals surface area contributed by atoms with Crippen LogP contribution in [0.25, 0.3) is 11.2 Å². The van der Waals surface area contributed by atoms with E-state index in [9.17, 15) is 15.3 Å². The van der Waals surface area contributed by atoms with Crippen LogP contribution in [-0.2, 0) is 4.74 Å². The van der Waals surface area contributed by atoms with Gasteiger partial charge in [-0.1, -0.05) is 0 Å². The van der Waals surface area contributed by atoms with Gasteiger partial charge in [0.05, 0.1) is 6.33 Å². The normalized spacial score (nSPS) is 38.4. The van der Waals surface area contributed by atoms with Gasteiger partial charge in [0.25, 0.3) is 0 Å². The average Bonchev–Trinajstić information content (AvgIpc) is 2.94. The van der Waals surface area contributed by atoms with E-state index in [4.69, 9.17) is 10.5 Å². The van der Waals surface area contributed by atoms with Crippen molar-refractivity contribution in [1.29, 1.82) is 0 Å². The third-order valence-corrected chi connectivity index (χ3v) is 4.43. The van der Waals surface area contributed by atoms with Gasteiger partial charge in [0.15, 0.2) is 17.7 Å². The number of fused-ring (bicyclic) bond motifs is 1. The van der Waals surface area contributed by atoms with E-state index in [2.05, 4.69) is 15.0 Å². The summed E-state index contributed by atoms with van der Waals surface area (Å²) in [4.78, 5) is 12.1. The van der Waals surface area contributed by atoms with Gasteiger partial charge in [0.1, 0.15) is 29.7 Å². The minimum atomic E-state index is -1.13. The van der Waals surface area contributed by atoms with Crippen molar-refractivity contribution in [2.24, 2.45) is 5.92 Å². The highest BCUT2D eigenvalue weighted by Crippen LogP contribution is 2.57. The maximum Gasteiger partial charge on any atom is 0.167 e. The number of hydrogen-bond donors (Lipinski definition) is 4. The molecule has 1 aliphatic heterocycles. The van der Waals surface area contributed by atoms with Gasteiger partial charge >= 0.3 is 0 Å². The number of rotatable bonds is 2. The first-order chi connectivity index (χ1) is 10.1. The number of hydrogen-bond acceptors (Lipinski definition) is 8. The highest BCUT2D eigenvalue weighted by Gasteiger charge is 2.68. The van der Waals surface area contributed by atoms with Crippen molar-refractivity contribution in [2.75, 3.05) is 12.3 Å². The number of aliphatic hydroxyl groups excluding tert-OH is 3. The van der Waals surface area contributed by atoms with Crippen molar-refractivity contribution in [3.05, 3.63) is 12.7 Å². The van der Waals surface area contributed by atoms with Crippen LogP contribution in [0, 0.1) is 5.92 Å². The molecule has 4 rings (SSSR count). The Kier molecular flexibility index (Phi) is 2.52. The van der Waals surface area contributed by atoms with Crippen molar-refractivity contribution in [3.63, 3.8) is 0 Å². The average molecular weight is 293 g/mol. The first kappa shape index (κ1) is 12.9. The van der Waals surface area contributed by atoms with E-state index < -0.39 is 24.0 Å². The first-order valence-corrected chi connectivity index (χ1v) is 6.66. The summed E-state index contributed by atoms with van der Waals surface area (Å²) in [5.41, 5.74) is 5.69. The zero-order valence-corrected chi connectivity index (χ0v) is 11.0. The largest absolute Gasteiger partial charge is 0.396 e. The van der Waals surface area contributed by atoms with Crippen LogP contribution in [-0.4, -0.2) is 59.3 Å². The van der Waals surface area contributed by atoms with Gasteiger partial charge in [-0.3, -0.25) is 4.57 Å². The molecule has 2 unspecified atom stereocenters. The molecule has 5 N–H and O–H groups in total. The fourth-order valence-electron chi connectivity index (χ4n) is 3.14. The number of aliphatic hydroxyl groups is 3. The van der Waals surface area contributed by atoms with E-state index in [0.29, 0.717) is 17.6 Å². The summed E-state index contributed by atoms with van der Waals surface area (Å²) < 4.78 is 7.37. The van der Waals surface area contributed by atoms with Crippen LogP contribution in [0.2, 0.25) is 0 Å². The van der Waals surface area contributed by atoms with Gasteiger partial charge in [-0.25, -0.2) is 15.0 Å². The molecule has 2 aromatic rings. The fourth-order valence-corrected chi connectivity index (χ4v) is 3.14. The van der Waals surface area contributed by atoms with Crippen LogP contribution < -0.4 is 5.73 Å². The summed E-state index contributed by atoms with van der Waals surface area (Å²) in [6.45, 7) is -0.0870. The molecular weight excluding hydrogens is 278 g/mol. The van der Waals surface area contributed by atoms with Gasteiger partial charge < -0.3 is 25.8 Å². The second kappa shape index (κ2) is 4.10. The van der Waals surface area contributed by atoms with Gasteiger partial charge in [-0.05, 0) is 6.42 Å². The van der Waals surface area contributed by atoms with Crippen LogP contribution >= 0.6 is 0 Å². The summed E-state index contributed by atoms with van der Waals surface area (Å²) in [5, 5.41) is 29.7. The second-order valence-electron chi connectivity index (χ2n) is 5.57. The lowest BCUT2D eigenvalue weighted by Crippen LogP contribution is -2.34. The van der Waals surface area contributed by atoms with Gasteiger partial charge in [-0.2, -0.15) is 0 Å². The summed E-state index contributed by atoms with van der Waals surface area (Å²) in [7, 11) is 0. The van der Waals surface area contributed by atoms with Crippen LogP contribution in [0.4, 0.5) is 5.82 Å². The van der Waals surface area contributed by atoms with E-state index in [1.165, 1.54) is 17.2 Å². The molecule has 2 aliphatic rings. The maximum absolute atomic E-state index is 10.3. The Morgan fingerprint density at radius 1 is 1.38 bits per heavy atom. The van der Waals surface area contributed by atoms with Gasteiger partial charge in [0.2, 0.25) is 0 Å². The number of aromatic nitrogens is 4. The third kappa shape index (κ3) is 1.57. The van der Waals surface area contributed by atoms with E-state index >= 15 is 0 Å². The quantitative estimate of drug-likeness (QED) is 0.519. The maximum atomic E-state index is 10.3. The zero-order chi connectivity index (χ0) is 14.8. The Bertz CT molecular complexity index is 706. The Balaban J connectivity index is 1.75. The van der Waals surface area contributed by atoms with Crippen LogP contribution in [0.3, 0.4) is 0 Å². The Morgan fingerprint density at radius 3 is 2.90 bits per heavy atom. The fraction of sp³-hybridized carbons (Fsp3) is 0.583. The molecular formula is C12H15N5O4. The van der Waals surface area contributed by atoms with E-state index in [0.717, 1.165) is 0 Å². The summed E-state index contributed by atoms with van der Waals surface area (Å²) in [6, 6.07) is 0. The molecule has 1 spiro atoms. The van der Waals surface area contributed by atoms with Crippen molar-refractivity contribution in [3.8, 4) is 0 Å². The van der Waals surface area contributed by atoms with Crippen molar-refractivity contribution in [1.82, 2.24) is 19.5 Å².